The first kappa shape index (κ1) is 17.9. The highest BCUT2D eigenvalue weighted by Gasteiger charge is 2.25. The van der Waals surface area contributed by atoms with Gasteiger partial charge in [0.05, 0.1) is 0 Å². The molecule has 0 spiro atoms. The molecule has 0 aliphatic carbocycles. The van der Waals surface area contributed by atoms with Crippen LogP contribution in [0.3, 0.4) is 0 Å². The van der Waals surface area contributed by atoms with Crippen LogP contribution >= 0.6 is 0 Å². The zero-order valence-electron chi connectivity index (χ0n) is 13.3. The van der Waals surface area contributed by atoms with Crippen LogP contribution in [0.4, 0.5) is 0 Å². The molecule has 6 nitrogen and oxygen atoms in total. The minimum Gasteiger partial charge on any atom is -0.480 e. The number of hydrogen-bond acceptors (Lipinski definition) is 3. The number of nitrogens with zero attached hydrogens (tertiary/aromatic N) is 1. The molecule has 0 radical (unpaired) electrons. The third-order valence-electron chi connectivity index (χ3n) is 3.50. The monoisotopic (exact) mass is 308 g/mol. The molecule has 6 heteroatoms. The van der Waals surface area contributed by atoms with Gasteiger partial charge in [-0.2, -0.15) is 0 Å². The number of carboxylic acid groups (broad SMARTS) is 1. The van der Waals surface area contributed by atoms with E-state index in [0.717, 1.165) is 5.56 Å². The Morgan fingerprint density at radius 2 is 1.91 bits per heavy atom. The Labute approximate surface area is 130 Å². The maximum absolute atomic E-state index is 12.4. The van der Waals surface area contributed by atoms with Gasteiger partial charge in [-0.1, -0.05) is 26.7 Å². The second kappa shape index (κ2) is 8.36. The average molecular weight is 308 g/mol. The van der Waals surface area contributed by atoms with Crippen LogP contribution in [0.25, 0.3) is 0 Å². The van der Waals surface area contributed by atoms with Crippen molar-refractivity contribution in [2.45, 2.75) is 58.5 Å². The van der Waals surface area contributed by atoms with E-state index in [0.29, 0.717) is 25.7 Å². The van der Waals surface area contributed by atoms with Gasteiger partial charge in [-0.3, -0.25) is 9.59 Å². The summed E-state index contributed by atoms with van der Waals surface area (Å²) < 4.78 is 1.37. The van der Waals surface area contributed by atoms with E-state index in [4.69, 9.17) is 5.11 Å². The summed E-state index contributed by atoms with van der Waals surface area (Å²) in [6.45, 7) is 5.58. The largest absolute Gasteiger partial charge is 0.480 e. The summed E-state index contributed by atoms with van der Waals surface area (Å²) in [7, 11) is 0. The van der Waals surface area contributed by atoms with E-state index < -0.39 is 24.0 Å². The highest BCUT2D eigenvalue weighted by atomic mass is 16.4. The quantitative estimate of drug-likeness (QED) is 0.767. The van der Waals surface area contributed by atoms with Crippen molar-refractivity contribution < 1.29 is 14.7 Å². The fourth-order valence-electron chi connectivity index (χ4n) is 2.33. The minimum absolute atomic E-state index is 0.254. The lowest BCUT2D eigenvalue weighted by molar-refractivity contribution is -0.142. The van der Waals surface area contributed by atoms with E-state index >= 15 is 0 Å². The van der Waals surface area contributed by atoms with Crippen molar-refractivity contribution in [3.8, 4) is 0 Å². The van der Waals surface area contributed by atoms with Crippen molar-refractivity contribution in [1.82, 2.24) is 9.88 Å². The number of nitrogens with one attached hydrogen (secondary N) is 1. The molecule has 1 aromatic heterocycles. The summed E-state index contributed by atoms with van der Waals surface area (Å²) >= 11 is 0. The van der Waals surface area contributed by atoms with Crippen molar-refractivity contribution in [3.05, 3.63) is 34.2 Å². The van der Waals surface area contributed by atoms with Crippen LogP contribution in [0.15, 0.2) is 23.1 Å². The molecular weight excluding hydrogens is 284 g/mol. The van der Waals surface area contributed by atoms with Crippen LogP contribution in [0.2, 0.25) is 0 Å². The van der Waals surface area contributed by atoms with Gasteiger partial charge in [0.2, 0.25) is 5.91 Å². The van der Waals surface area contributed by atoms with Gasteiger partial charge in [-0.25, -0.2) is 4.79 Å². The first-order valence-corrected chi connectivity index (χ1v) is 7.62. The first-order chi connectivity index (χ1) is 10.4. The lowest BCUT2D eigenvalue weighted by atomic mass is 10.1. The number of amides is 1. The molecule has 1 amide bonds. The summed E-state index contributed by atoms with van der Waals surface area (Å²) in [6, 6.07) is 1.63. The number of pyridine rings is 1. The van der Waals surface area contributed by atoms with Crippen LogP contribution in [-0.4, -0.2) is 27.6 Å². The van der Waals surface area contributed by atoms with E-state index in [-0.39, 0.29) is 5.56 Å². The molecule has 0 saturated heterocycles. The second-order valence-corrected chi connectivity index (χ2v) is 5.44. The zero-order valence-corrected chi connectivity index (χ0v) is 13.3. The van der Waals surface area contributed by atoms with Crippen LogP contribution in [-0.2, 0) is 9.59 Å². The number of carbonyl (C=O) groups excluding carboxylic acids is 1. The molecule has 1 heterocycles. The van der Waals surface area contributed by atoms with Gasteiger partial charge in [0.25, 0.3) is 5.56 Å². The predicted octanol–water partition coefficient (Wildman–Crippen LogP) is 1.87. The number of aliphatic carboxylic acids is 1. The van der Waals surface area contributed by atoms with E-state index in [1.165, 1.54) is 10.6 Å². The predicted molar refractivity (Wildman–Crippen MR) is 83.9 cm³/mol. The number of aryl methyl sites for hydroxylation is 1. The highest BCUT2D eigenvalue weighted by molar-refractivity contribution is 5.85. The topological polar surface area (TPSA) is 88.4 Å². The van der Waals surface area contributed by atoms with Gasteiger partial charge >= 0.3 is 5.97 Å². The maximum Gasteiger partial charge on any atom is 0.326 e. The molecule has 2 unspecified atom stereocenters. The Bertz CT molecular complexity index is 580. The minimum atomic E-state index is -1.05. The standard InChI is InChI=1S/C16H24N2O4/c1-4-6-12(16(21)22)17-15(20)13(7-5-2)18-9-8-11(3)10-14(18)19/h8-10,12-13H,4-7H2,1-3H3,(H,17,20)(H,21,22). The molecule has 0 aromatic carbocycles. The Morgan fingerprint density at radius 3 is 2.41 bits per heavy atom. The fourth-order valence-corrected chi connectivity index (χ4v) is 2.33. The molecule has 0 saturated carbocycles. The van der Waals surface area contributed by atoms with Crippen LogP contribution < -0.4 is 10.9 Å². The zero-order chi connectivity index (χ0) is 16.7. The van der Waals surface area contributed by atoms with Crippen molar-refractivity contribution >= 4 is 11.9 Å². The fraction of sp³-hybridized carbons (Fsp3) is 0.562. The summed E-state index contributed by atoms with van der Waals surface area (Å²) in [5, 5.41) is 11.7. The van der Waals surface area contributed by atoms with Gasteiger partial charge in [0.1, 0.15) is 12.1 Å². The Morgan fingerprint density at radius 1 is 1.27 bits per heavy atom. The van der Waals surface area contributed by atoms with Crippen molar-refractivity contribution in [1.29, 1.82) is 0 Å². The lowest BCUT2D eigenvalue weighted by Crippen LogP contribution is -2.45. The molecule has 0 bridgehead atoms. The molecule has 0 aliphatic rings. The van der Waals surface area contributed by atoms with Gasteiger partial charge < -0.3 is 15.0 Å². The average Bonchev–Trinajstić information content (AvgIpc) is 2.44. The number of hydrogen-bond donors (Lipinski definition) is 2. The Kier molecular flexibility index (Phi) is 6.82. The SMILES string of the molecule is CCCC(NC(=O)C(CCC)n1ccc(C)cc1=O)C(=O)O. The highest BCUT2D eigenvalue weighted by Crippen LogP contribution is 2.13. The molecule has 2 N–H and O–H groups in total. The van der Waals surface area contributed by atoms with Crippen molar-refractivity contribution in [2.24, 2.45) is 0 Å². The molecule has 0 aliphatic heterocycles. The van der Waals surface area contributed by atoms with Crippen LogP contribution in [0, 0.1) is 6.92 Å². The maximum atomic E-state index is 12.4. The van der Waals surface area contributed by atoms with E-state index in [1.54, 1.807) is 12.3 Å². The third kappa shape index (κ3) is 4.72. The van der Waals surface area contributed by atoms with Gasteiger partial charge in [0, 0.05) is 12.3 Å². The Hall–Kier alpha value is -2.11. The molecule has 122 valence electrons. The van der Waals surface area contributed by atoms with E-state index in [1.807, 2.05) is 20.8 Å². The molecule has 1 aromatic rings. The van der Waals surface area contributed by atoms with E-state index in [9.17, 15) is 14.4 Å². The normalized spacial score (nSPS) is 13.4. The van der Waals surface area contributed by atoms with Gasteiger partial charge in [0.15, 0.2) is 0 Å². The number of carbonyl (C=O) groups is 2. The Balaban J connectivity index is 3.01. The van der Waals surface area contributed by atoms with Gasteiger partial charge in [-0.15, -0.1) is 0 Å². The second-order valence-electron chi connectivity index (χ2n) is 5.44. The third-order valence-corrected chi connectivity index (χ3v) is 3.50. The van der Waals surface area contributed by atoms with Crippen molar-refractivity contribution in [3.63, 3.8) is 0 Å². The summed E-state index contributed by atoms with van der Waals surface area (Å²) in [4.78, 5) is 35.7. The van der Waals surface area contributed by atoms with Gasteiger partial charge in [-0.05, 0) is 31.4 Å². The summed E-state index contributed by atoms with van der Waals surface area (Å²) in [6.07, 6.45) is 3.80. The van der Waals surface area contributed by atoms with E-state index in [2.05, 4.69) is 5.32 Å². The lowest BCUT2D eigenvalue weighted by Gasteiger charge is -2.21. The molecule has 1 rings (SSSR count). The number of aromatic nitrogens is 1. The van der Waals surface area contributed by atoms with Crippen molar-refractivity contribution in [2.75, 3.05) is 0 Å². The molecule has 22 heavy (non-hydrogen) atoms. The number of rotatable bonds is 8. The molecule has 2 atom stereocenters. The summed E-state index contributed by atoms with van der Waals surface area (Å²) in [5.41, 5.74) is 0.572. The molecular formula is C16H24N2O4. The first-order valence-electron chi connectivity index (χ1n) is 7.62. The van der Waals surface area contributed by atoms with Crippen LogP contribution in [0.5, 0.6) is 0 Å². The summed E-state index contributed by atoms with van der Waals surface area (Å²) in [5.74, 6) is -1.48. The molecule has 0 fully saturated rings. The smallest absolute Gasteiger partial charge is 0.326 e. The van der Waals surface area contributed by atoms with Crippen LogP contribution in [0.1, 0.15) is 51.1 Å². The number of carboxylic acids is 1.